The molecule has 14 nitrogen and oxygen atoms in total. The van der Waals surface area contributed by atoms with Crippen molar-refractivity contribution in [3.63, 3.8) is 0 Å². The summed E-state index contributed by atoms with van der Waals surface area (Å²) in [6.07, 6.45) is 4.92. The van der Waals surface area contributed by atoms with E-state index in [0.717, 1.165) is 63.4 Å². The molecule has 218 valence electrons. The van der Waals surface area contributed by atoms with Crippen molar-refractivity contribution in [2.75, 3.05) is 95.0 Å². The molecule has 2 aromatic heterocycles. The number of imidazole rings is 1. The molecule has 40 heavy (non-hydrogen) atoms. The standard InChI is InChI=1S/C25H38N10O4S/c1-2-21(36)34-16-20(17-34)33-5-3-4-19(15-33)14-28-40(37,38)35-8-6-32(7-9-35)25-29-22-23(30-25)26-18-27-24(22)31-10-12-39-13-11-31/h2,18-20,28H,1,3-17H2,(H,26,27,29,30). The first kappa shape index (κ1) is 27.3. The van der Waals surface area contributed by atoms with Crippen molar-refractivity contribution in [1.82, 2.24) is 38.8 Å². The summed E-state index contributed by atoms with van der Waals surface area (Å²) in [6, 6.07) is 0.352. The highest BCUT2D eigenvalue weighted by molar-refractivity contribution is 7.87. The predicted molar refractivity (Wildman–Crippen MR) is 150 cm³/mol. The van der Waals surface area contributed by atoms with E-state index in [1.807, 2.05) is 0 Å². The number of likely N-dealkylation sites (tertiary alicyclic amines) is 2. The van der Waals surface area contributed by atoms with Crippen LogP contribution in [0.15, 0.2) is 19.0 Å². The molecule has 0 aromatic carbocycles. The van der Waals surface area contributed by atoms with Crippen LogP contribution in [0.2, 0.25) is 0 Å². The van der Waals surface area contributed by atoms with E-state index >= 15 is 0 Å². The number of ether oxygens (including phenoxy) is 1. The summed E-state index contributed by atoms with van der Waals surface area (Å²) in [4.78, 5) is 37.1. The average molecular weight is 575 g/mol. The van der Waals surface area contributed by atoms with Crippen molar-refractivity contribution in [2.45, 2.75) is 18.9 Å². The van der Waals surface area contributed by atoms with E-state index in [9.17, 15) is 13.2 Å². The van der Waals surface area contributed by atoms with Gasteiger partial charge in [0.15, 0.2) is 11.5 Å². The van der Waals surface area contributed by atoms with Crippen LogP contribution < -0.4 is 14.5 Å². The Morgan fingerprint density at radius 1 is 1.07 bits per heavy atom. The van der Waals surface area contributed by atoms with Crippen LogP contribution in [-0.2, 0) is 19.7 Å². The molecule has 4 fully saturated rings. The Bertz CT molecular complexity index is 1320. The number of nitrogens with zero attached hydrogens (tertiary/aromatic N) is 8. The number of piperidine rings is 1. The number of hydrogen-bond acceptors (Lipinski definition) is 10. The Hall–Kier alpha value is -2.85. The van der Waals surface area contributed by atoms with Gasteiger partial charge in [0.1, 0.15) is 11.8 Å². The second-order valence-electron chi connectivity index (χ2n) is 10.9. The van der Waals surface area contributed by atoms with E-state index in [2.05, 4.69) is 45.9 Å². The van der Waals surface area contributed by atoms with Gasteiger partial charge in [0.05, 0.1) is 13.2 Å². The highest BCUT2D eigenvalue weighted by Crippen LogP contribution is 2.26. The van der Waals surface area contributed by atoms with Gasteiger partial charge < -0.3 is 24.4 Å². The minimum Gasteiger partial charge on any atom is -0.378 e. The molecule has 0 aliphatic carbocycles. The van der Waals surface area contributed by atoms with Gasteiger partial charge in [-0.25, -0.2) is 14.7 Å². The molecule has 0 bridgehead atoms. The smallest absolute Gasteiger partial charge is 0.279 e. The lowest BCUT2D eigenvalue weighted by molar-refractivity contribution is -0.133. The molecule has 6 rings (SSSR count). The molecule has 15 heteroatoms. The van der Waals surface area contributed by atoms with Crippen LogP contribution in [0.25, 0.3) is 11.2 Å². The normalized spacial score (nSPS) is 23.9. The van der Waals surface area contributed by atoms with Crippen LogP contribution in [0.1, 0.15) is 12.8 Å². The van der Waals surface area contributed by atoms with Crippen molar-refractivity contribution < 1.29 is 17.9 Å². The van der Waals surface area contributed by atoms with Gasteiger partial charge >= 0.3 is 0 Å². The summed E-state index contributed by atoms with van der Waals surface area (Å²) in [7, 11) is -3.58. The van der Waals surface area contributed by atoms with E-state index < -0.39 is 10.2 Å². The van der Waals surface area contributed by atoms with Crippen molar-refractivity contribution in [2.24, 2.45) is 5.92 Å². The molecule has 1 unspecified atom stereocenters. The molecule has 4 aliphatic heterocycles. The maximum absolute atomic E-state index is 13.1. The summed E-state index contributed by atoms with van der Waals surface area (Å²) in [6.45, 7) is 11.9. The highest BCUT2D eigenvalue weighted by Gasteiger charge is 2.36. The van der Waals surface area contributed by atoms with Crippen LogP contribution in [0, 0.1) is 5.92 Å². The van der Waals surface area contributed by atoms with Gasteiger partial charge in [-0.1, -0.05) is 6.58 Å². The third-order valence-electron chi connectivity index (χ3n) is 8.41. The molecule has 4 aliphatic rings. The van der Waals surface area contributed by atoms with Crippen LogP contribution in [0.4, 0.5) is 11.8 Å². The van der Waals surface area contributed by atoms with Crippen LogP contribution in [-0.4, -0.2) is 140 Å². The van der Waals surface area contributed by atoms with Gasteiger partial charge in [-0.2, -0.15) is 17.7 Å². The zero-order valence-corrected chi connectivity index (χ0v) is 23.6. The number of nitrogens with one attached hydrogen (secondary N) is 2. The van der Waals surface area contributed by atoms with Crippen LogP contribution in [0.3, 0.4) is 0 Å². The van der Waals surface area contributed by atoms with E-state index in [-0.39, 0.29) is 11.8 Å². The minimum atomic E-state index is -3.58. The molecule has 0 saturated carbocycles. The van der Waals surface area contributed by atoms with E-state index in [1.54, 1.807) is 4.90 Å². The van der Waals surface area contributed by atoms with E-state index in [0.29, 0.717) is 63.6 Å². The SMILES string of the molecule is C=CC(=O)N1CC(N2CCCC(CNS(=O)(=O)N3CCN(c4nc5ncnc(N6CCOCC6)c5[nH]4)CC3)C2)C1. The van der Waals surface area contributed by atoms with Crippen molar-refractivity contribution in [3.05, 3.63) is 19.0 Å². The fourth-order valence-electron chi connectivity index (χ4n) is 6.01. The number of fused-ring (bicyclic) bond motifs is 1. The monoisotopic (exact) mass is 574 g/mol. The van der Waals surface area contributed by atoms with Gasteiger partial charge in [-0.05, 0) is 31.4 Å². The minimum absolute atomic E-state index is 0.0237. The van der Waals surface area contributed by atoms with Gasteiger partial charge in [-0.3, -0.25) is 9.69 Å². The fourth-order valence-corrected chi connectivity index (χ4v) is 7.29. The number of carbonyl (C=O) groups excluding carboxylic acids is 1. The summed E-state index contributed by atoms with van der Waals surface area (Å²) in [5.41, 5.74) is 1.39. The number of aromatic amines is 1. The lowest BCUT2D eigenvalue weighted by atomic mass is 9.95. The Balaban J connectivity index is 1.00. The van der Waals surface area contributed by atoms with Crippen molar-refractivity contribution in [1.29, 1.82) is 0 Å². The quantitative estimate of drug-likeness (QED) is 0.387. The van der Waals surface area contributed by atoms with Gasteiger partial charge in [-0.15, -0.1) is 0 Å². The number of rotatable bonds is 8. The third kappa shape index (κ3) is 5.65. The van der Waals surface area contributed by atoms with E-state index in [4.69, 9.17) is 4.74 Å². The zero-order chi connectivity index (χ0) is 27.7. The number of H-pyrrole nitrogens is 1. The average Bonchev–Trinajstić information content (AvgIpc) is 3.41. The Kier molecular flexibility index (Phi) is 7.90. The van der Waals surface area contributed by atoms with Gasteiger partial charge in [0.2, 0.25) is 11.9 Å². The molecular formula is C25H38N10O4S. The van der Waals surface area contributed by atoms with Gasteiger partial charge in [0, 0.05) is 71.5 Å². The van der Waals surface area contributed by atoms with E-state index in [1.165, 1.54) is 16.7 Å². The molecule has 1 atom stereocenters. The summed E-state index contributed by atoms with van der Waals surface area (Å²) < 4.78 is 36.1. The maximum atomic E-state index is 13.1. The number of aromatic nitrogens is 4. The highest BCUT2D eigenvalue weighted by atomic mass is 32.2. The molecule has 2 aromatic rings. The summed E-state index contributed by atoms with van der Waals surface area (Å²) in [5.74, 6) is 1.73. The number of hydrogen-bond donors (Lipinski definition) is 2. The van der Waals surface area contributed by atoms with Crippen LogP contribution in [0.5, 0.6) is 0 Å². The largest absolute Gasteiger partial charge is 0.378 e. The lowest BCUT2D eigenvalue weighted by Gasteiger charge is -2.47. The number of anilines is 2. The number of carbonyl (C=O) groups is 1. The second kappa shape index (κ2) is 11.6. The predicted octanol–water partition coefficient (Wildman–Crippen LogP) is -0.745. The molecule has 0 spiro atoms. The number of piperazine rings is 1. The molecule has 1 amide bonds. The second-order valence-corrected chi connectivity index (χ2v) is 12.7. The van der Waals surface area contributed by atoms with Gasteiger partial charge in [0.25, 0.3) is 10.2 Å². The van der Waals surface area contributed by atoms with Crippen LogP contribution >= 0.6 is 0 Å². The molecule has 6 heterocycles. The zero-order valence-electron chi connectivity index (χ0n) is 22.7. The first-order valence-electron chi connectivity index (χ1n) is 14.1. The maximum Gasteiger partial charge on any atom is 0.279 e. The number of morpholine rings is 1. The van der Waals surface area contributed by atoms with Crippen molar-refractivity contribution >= 4 is 39.0 Å². The first-order valence-corrected chi connectivity index (χ1v) is 15.5. The summed E-state index contributed by atoms with van der Waals surface area (Å²) >= 11 is 0. The Morgan fingerprint density at radius 2 is 1.85 bits per heavy atom. The Labute approximate surface area is 234 Å². The third-order valence-corrected chi connectivity index (χ3v) is 9.99. The number of amides is 1. The molecule has 0 radical (unpaired) electrons. The lowest BCUT2D eigenvalue weighted by Crippen LogP contribution is -2.62. The first-order chi connectivity index (χ1) is 19.4. The molecule has 4 saturated heterocycles. The fraction of sp³-hybridized carbons (Fsp3) is 0.680. The summed E-state index contributed by atoms with van der Waals surface area (Å²) in [5, 5.41) is 0. The van der Waals surface area contributed by atoms with Crippen molar-refractivity contribution in [3.8, 4) is 0 Å². The Morgan fingerprint density at radius 3 is 2.60 bits per heavy atom. The molecular weight excluding hydrogens is 536 g/mol. The molecule has 2 N–H and O–H groups in total. The topological polar surface area (TPSA) is 143 Å².